The minimum Gasteiger partial charge on any atom is -0.496 e. The Hall–Kier alpha value is -2.76. The van der Waals surface area contributed by atoms with Crippen molar-refractivity contribution in [1.29, 1.82) is 0 Å². The smallest absolute Gasteiger partial charge is 0.273 e. The number of non-ortho nitro benzene ring substituents is 1. The molecule has 7 heteroatoms. The number of hydrogen-bond donors (Lipinski definition) is 0. The van der Waals surface area contributed by atoms with Crippen molar-refractivity contribution in [2.45, 2.75) is 18.9 Å². The number of methoxy groups -OCH3 is 1. The molecule has 1 atom stereocenters. The van der Waals surface area contributed by atoms with Gasteiger partial charge in [-0.15, -0.1) is 0 Å². The molecule has 1 aliphatic heterocycles. The Labute approximate surface area is 184 Å². The van der Waals surface area contributed by atoms with Gasteiger partial charge in [-0.25, -0.2) is 0 Å². The van der Waals surface area contributed by atoms with Gasteiger partial charge in [0, 0.05) is 45.9 Å². The van der Waals surface area contributed by atoms with Crippen molar-refractivity contribution < 1.29 is 9.66 Å². The maximum absolute atomic E-state index is 11.1. The summed E-state index contributed by atoms with van der Waals surface area (Å²) in [4.78, 5) is 12.9. The van der Waals surface area contributed by atoms with Gasteiger partial charge < -0.3 is 9.64 Å². The lowest BCUT2D eigenvalue weighted by Gasteiger charge is -2.28. The molecule has 0 saturated heterocycles. The minimum absolute atomic E-state index is 0.00473. The van der Waals surface area contributed by atoms with Crippen molar-refractivity contribution in [1.82, 2.24) is 0 Å². The van der Waals surface area contributed by atoms with Gasteiger partial charge in [0.25, 0.3) is 5.69 Å². The van der Waals surface area contributed by atoms with Crippen LogP contribution in [0.2, 0.25) is 10.0 Å². The topological polar surface area (TPSA) is 55.6 Å². The molecule has 1 unspecified atom stereocenters. The minimum atomic E-state index is -0.423. The fourth-order valence-electron chi connectivity index (χ4n) is 4.24. The second kappa shape index (κ2) is 7.82. The van der Waals surface area contributed by atoms with Crippen molar-refractivity contribution in [3.05, 3.63) is 97.5 Å². The Morgan fingerprint density at radius 3 is 2.57 bits per heavy atom. The predicted octanol–water partition coefficient (Wildman–Crippen LogP) is 6.24. The number of nitrogens with zero attached hydrogens (tertiary/aromatic N) is 2. The lowest BCUT2D eigenvalue weighted by Crippen LogP contribution is -2.32. The number of halogens is 2. The Kier molecular flexibility index (Phi) is 5.35. The molecule has 1 aliphatic rings. The zero-order chi connectivity index (χ0) is 21.5. The molecule has 4 rings (SSSR count). The first-order valence-electron chi connectivity index (χ1n) is 9.45. The van der Waals surface area contributed by atoms with Gasteiger partial charge in [0.15, 0.2) is 0 Å². The number of fused-ring (bicyclic) bond motifs is 1. The quantitative estimate of drug-likeness (QED) is 0.346. The molecule has 0 aromatic heterocycles. The lowest BCUT2D eigenvalue weighted by molar-refractivity contribution is -0.384. The monoisotopic (exact) mass is 442 g/mol. The first-order valence-corrected chi connectivity index (χ1v) is 10.2. The molecule has 30 heavy (non-hydrogen) atoms. The van der Waals surface area contributed by atoms with E-state index in [1.807, 2.05) is 42.5 Å². The van der Waals surface area contributed by atoms with Gasteiger partial charge in [0.05, 0.1) is 18.1 Å². The Morgan fingerprint density at radius 1 is 1.10 bits per heavy atom. The fraction of sp³-hybridized carbons (Fsp3) is 0.217. The van der Waals surface area contributed by atoms with Gasteiger partial charge >= 0.3 is 0 Å². The number of rotatable bonds is 5. The molecule has 0 aliphatic carbocycles. The Bertz CT molecular complexity index is 1140. The van der Waals surface area contributed by atoms with Crippen LogP contribution in [0.5, 0.6) is 5.75 Å². The van der Waals surface area contributed by atoms with E-state index in [0.717, 1.165) is 22.4 Å². The Balaban J connectivity index is 1.77. The molecule has 154 valence electrons. The third-order valence-electron chi connectivity index (χ3n) is 5.71. The molecule has 0 saturated carbocycles. The van der Waals surface area contributed by atoms with Gasteiger partial charge in [-0.2, -0.15) is 0 Å². The standard InChI is InChI=1S/C23H20Cl2N2O3/c1-23(18-5-3-4-6-20(18)25)14-26(21-10-8-16(24)11-19(21)23)13-15-7-9-17(27(28)29)12-22(15)30-2/h3-12H,13-14H2,1-2H3. The van der Waals surface area contributed by atoms with E-state index in [9.17, 15) is 10.1 Å². The van der Waals surface area contributed by atoms with Crippen LogP contribution in [0.1, 0.15) is 23.6 Å². The van der Waals surface area contributed by atoms with Crippen LogP contribution in [0.4, 0.5) is 11.4 Å². The van der Waals surface area contributed by atoms with Crippen molar-refractivity contribution in [3.8, 4) is 5.75 Å². The highest BCUT2D eigenvalue weighted by Gasteiger charge is 2.41. The second-order valence-electron chi connectivity index (χ2n) is 7.58. The van der Waals surface area contributed by atoms with Crippen molar-refractivity contribution in [2.75, 3.05) is 18.6 Å². The summed E-state index contributed by atoms with van der Waals surface area (Å²) in [6.07, 6.45) is 0. The number of nitro groups is 1. The van der Waals surface area contributed by atoms with E-state index in [1.54, 1.807) is 6.07 Å². The van der Waals surface area contributed by atoms with Crippen molar-refractivity contribution in [2.24, 2.45) is 0 Å². The summed E-state index contributed by atoms with van der Waals surface area (Å²) in [5.74, 6) is 0.492. The molecule has 1 heterocycles. The van der Waals surface area contributed by atoms with Crippen LogP contribution < -0.4 is 9.64 Å². The third-order valence-corrected chi connectivity index (χ3v) is 6.28. The van der Waals surface area contributed by atoms with Gasteiger partial charge in [-0.3, -0.25) is 10.1 Å². The van der Waals surface area contributed by atoms with E-state index in [4.69, 9.17) is 27.9 Å². The molecule has 3 aromatic rings. The van der Waals surface area contributed by atoms with Gasteiger partial charge in [0.1, 0.15) is 5.75 Å². The van der Waals surface area contributed by atoms with Gasteiger partial charge in [0.2, 0.25) is 0 Å². The predicted molar refractivity (Wildman–Crippen MR) is 120 cm³/mol. The first-order chi connectivity index (χ1) is 14.3. The van der Waals surface area contributed by atoms with Gasteiger partial charge in [-0.05, 0) is 48.4 Å². The molecule has 3 aromatic carbocycles. The highest BCUT2D eigenvalue weighted by molar-refractivity contribution is 6.31. The summed E-state index contributed by atoms with van der Waals surface area (Å²) in [6.45, 7) is 3.39. The average molecular weight is 443 g/mol. The molecule has 0 fully saturated rings. The summed E-state index contributed by atoms with van der Waals surface area (Å²) in [5, 5.41) is 12.5. The van der Waals surface area contributed by atoms with E-state index in [0.29, 0.717) is 28.9 Å². The molecule has 0 N–H and O–H groups in total. The largest absolute Gasteiger partial charge is 0.496 e. The zero-order valence-electron chi connectivity index (χ0n) is 16.6. The normalized spacial score (nSPS) is 17.7. The lowest BCUT2D eigenvalue weighted by atomic mass is 9.78. The maximum Gasteiger partial charge on any atom is 0.273 e. The van der Waals surface area contributed by atoms with Crippen LogP contribution in [-0.2, 0) is 12.0 Å². The van der Waals surface area contributed by atoms with Crippen LogP contribution in [0.3, 0.4) is 0 Å². The highest BCUT2D eigenvalue weighted by atomic mass is 35.5. The third kappa shape index (κ3) is 3.48. The Morgan fingerprint density at radius 2 is 1.87 bits per heavy atom. The van der Waals surface area contributed by atoms with Crippen molar-refractivity contribution >= 4 is 34.6 Å². The van der Waals surface area contributed by atoms with E-state index in [2.05, 4.69) is 11.8 Å². The molecule has 0 bridgehead atoms. The van der Waals surface area contributed by atoms with Crippen LogP contribution in [0.15, 0.2) is 60.7 Å². The van der Waals surface area contributed by atoms with Gasteiger partial charge in [-0.1, -0.05) is 41.4 Å². The van der Waals surface area contributed by atoms with Crippen LogP contribution in [0, 0.1) is 10.1 Å². The summed E-state index contributed by atoms with van der Waals surface area (Å²) in [6, 6.07) is 18.4. The van der Waals surface area contributed by atoms with Crippen LogP contribution in [0.25, 0.3) is 0 Å². The summed E-state index contributed by atoms with van der Waals surface area (Å²) >= 11 is 12.9. The summed E-state index contributed by atoms with van der Waals surface area (Å²) < 4.78 is 5.44. The van der Waals surface area contributed by atoms with E-state index < -0.39 is 4.92 Å². The number of ether oxygens (including phenoxy) is 1. The molecular weight excluding hydrogens is 423 g/mol. The molecule has 0 radical (unpaired) electrons. The van der Waals surface area contributed by atoms with Crippen LogP contribution >= 0.6 is 23.2 Å². The van der Waals surface area contributed by atoms with E-state index in [-0.39, 0.29) is 11.1 Å². The number of benzene rings is 3. The fourth-order valence-corrected chi connectivity index (χ4v) is 4.76. The highest BCUT2D eigenvalue weighted by Crippen LogP contribution is 2.48. The van der Waals surface area contributed by atoms with E-state index in [1.165, 1.54) is 19.2 Å². The number of nitro benzene ring substituents is 1. The maximum atomic E-state index is 11.1. The molecular formula is C23H20Cl2N2O3. The van der Waals surface area contributed by atoms with E-state index >= 15 is 0 Å². The SMILES string of the molecule is COc1cc([N+](=O)[O-])ccc1CN1CC(C)(c2ccccc2Cl)c2cc(Cl)ccc21. The van der Waals surface area contributed by atoms with Crippen molar-refractivity contribution in [3.63, 3.8) is 0 Å². The second-order valence-corrected chi connectivity index (χ2v) is 8.43. The van der Waals surface area contributed by atoms with Crippen LogP contribution in [-0.4, -0.2) is 18.6 Å². The molecule has 0 spiro atoms. The molecule has 5 nitrogen and oxygen atoms in total. The summed E-state index contributed by atoms with van der Waals surface area (Å²) in [7, 11) is 1.52. The summed E-state index contributed by atoms with van der Waals surface area (Å²) in [5.41, 5.74) is 3.71. The number of anilines is 1. The number of hydrogen-bond acceptors (Lipinski definition) is 4. The average Bonchev–Trinajstić information content (AvgIpc) is 3.00. The zero-order valence-corrected chi connectivity index (χ0v) is 18.1. The first kappa shape index (κ1) is 20.5. The molecule has 0 amide bonds.